The van der Waals surface area contributed by atoms with Gasteiger partial charge in [-0.2, -0.15) is 0 Å². The number of rotatable bonds is 8. The molecule has 0 aliphatic carbocycles. The van der Waals surface area contributed by atoms with Crippen molar-refractivity contribution in [2.24, 2.45) is 0 Å². The summed E-state index contributed by atoms with van der Waals surface area (Å²) in [5.41, 5.74) is 0.829. The molecule has 1 heterocycles. The number of aromatic carboxylic acids is 1. The highest BCUT2D eigenvalue weighted by molar-refractivity contribution is 7.21. The van der Waals surface area contributed by atoms with Gasteiger partial charge in [0.05, 0.1) is 12.7 Å². The minimum Gasteiger partial charge on any atom is -0.477 e. The van der Waals surface area contributed by atoms with E-state index in [9.17, 15) is 9.90 Å². The third-order valence-corrected chi connectivity index (χ3v) is 4.45. The third-order valence-electron chi connectivity index (χ3n) is 3.25. The van der Waals surface area contributed by atoms with Gasteiger partial charge in [-0.3, -0.25) is 0 Å². The molecule has 1 aromatic carbocycles. The van der Waals surface area contributed by atoms with Gasteiger partial charge in [-0.15, -0.1) is 11.3 Å². The van der Waals surface area contributed by atoms with Gasteiger partial charge in [0.25, 0.3) is 0 Å². The summed E-state index contributed by atoms with van der Waals surface area (Å²) in [5.74, 6) is -0.881. The minimum absolute atomic E-state index is 0.0480. The Morgan fingerprint density at radius 2 is 2.14 bits per heavy atom. The number of hydrogen-bond acceptors (Lipinski definition) is 5. The highest BCUT2D eigenvalue weighted by atomic mass is 32.1. The van der Waals surface area contributed by atoms with Crippen molar-refractivity contribution in [3.05, 3.63) is 34.7 Å². The van der Waals surface area contributed by atoms with Gasteiger partial charge in [0.2, 0.25) is 0 Å². The average molecular weight is 309 g/mol. The van der Waals surface area contributed by atoms with Crippen molar-refractivity contribution >= 4 is 27.4 Å². The molecule has 0 radical (unpaired) electrons. The second-order valence-corrected chi connectivity index (χ2v) is 5.71. The number of carboxylic acids is 1. The second kappa shape index (κ2) is 7.51. The largest absolute Gasteiger partial charge is 0.477 e. The molecule has 0 aliphatic heterocycles. The first-order chi connectivity index (χ1) is 10.2. The number of methoxy groups -OCH3 is 2. The topological polar surface area (TPSA) is 67.8 Å². The zero-order chi connectivity index (χ0) is 15.2. The number of nitrogens with one attached hydrogen (secondary N) is 1. The standard InChI is InChI=1S/C15H19NO4S/c1-19-9-10(20-2)7-16-8-12-11-5-3-4-6-13(11)21-14(12)15(17)18/h3-6,10,16H,7-9H2,1-2H3,(H,17,18). The number of hydrogen-bond donors (Lipinski definition) is 2. The van der Waals surface area contributed by atoms with Crippen molar-refractivity contribution in [2.75, 3.05) is 27.4 Å². The SMILES string of the molecule is COCC(CNCc1c(C(=O)O)sc2ccccc12)OC. The Labute approximate surface area is 127 Å². The van der Waals surface area contributed by atoms with E-state index in [1.54, 1.807) is 14.2 Å². The molecule has 2 rings (SSSR count). The molecule has 0 aliphatic rings. The number of ether oxygens (including phenoxy) is 2. The van der Waals surface area contributed by atoms with E-state index in [2.05, 4.69) is 5.32 Å². The summed E-state index contributed by atoms with van der Waals surface area (Å²) < 4.78 is 11.3. The normalized spacial score (nSPS) is 12.7. The average Bonchev–Trinajstić information content (AvgIpc) is 2.85. The number of benzene rings is 1. The number of fused-ring (bicyclic) bond motifs is 1. The summed E-state index contributed by atoms with van der Waals surface area (Å²) in [5, 5.41) is 13.6. The summed E-state index contributed by atoms with van der Waals surface area (Å²) in [6.07, 6.45) is -0.0480. The predicted octanol–water partition coefficient (Wildman–Crippen LogP) is 2.35. The fourth-order valence-electron chi connectivity index (χ4n) is 2.20. The molecule has 0 fully saturated rings. The zero-order valence-electron chi connectivity index (χ0n) is 12.1. The van der Waals surface area contributed by atoms with Crippen LogP contribution in [0.3, 0.4) is 0 Å². The Hall–Kier alpha value is -1.47. The van der Waals surface area contributed by atoms with Gasteiger partial charge in [0.15, 0.2) is 0 Å². The summed E-state index contributed by atoms with van der Waals surface area (Å²) in [7, 11) is 3.26. The smallest absolute Gasteiger partial charge is 0.346 e. The van der Waals surface area contributed by atoms with E-state index in [-0.39, 0.29) is 6.10 Å². The molecule has 1 atom stereocenters. The van der Waals surface area contributed by atoms with E-state index < -0.39 is 5.97 Å². The van der Waals surface area contributed by atoms with Crippen molar-refractivity contribution in [2.45, 2.75) is 12.6 Å². The van der Waals surface area contributed by atoms with Crippen LogP contribution in [0.4, 0.5) is 0 Å². The molecule has 2 aromatic rings. The van der Waals surface area contributed by atoms with Crippen LogP contribution in [-0.4, -0.2) is 44.6 Å². The van der Waals surface area contributed by atoms with E-state index in [1.807, 2.05) is 24.3 Å². The first-order valence-corrected chi connectivity index (χ1v) is 7.45. The summed E-state index contributed by atoms with van der Waals surface area (Å²) in [6, 6.07) is 7.74. The van der Waals surface area contributed by atoms with Gasteiger partial charge in [0, 0.05) is 32.0 Å². The highest BCUT2D eigenvalue weighted by Crippen LogP contribution is 2.31. The quantitative estimate of drug-likeness (QED) is 0.783. The molecular formula is C15H19NO4S. The molecule has 0 bridgehead atoms. The van der Waals surface area contributed by atoms with Crippen molar-refractivity contribution in [3.63, 3.8) is 0 Å². The van der Waals surface area contributed by atoms with Crippen LogP contribution in [0.2, 0.25) is 0 Å². The molecular weight excluding hydrogens is 290 g/mol. The lowest BCUT2D eigenvalue weighted by Crippen LogP contribution is -2.31. The lowest BCUT2D eigenvalue weighted by Gasteiger charge is -2.15. The first-order valence-electron chi connectivity index (χ1n) is 6.63. The molecule has 1 aromatic heterocycles. The van der Waals surface area contributed by atoms with Crippen LogP contribution in [-0.2, 0) is 16.0 Å². The minimum atomic E-state index is -0.881. The van der Waals surface area contributed by atoms with Gasteiger partial charge >= 0.3 is 5.97 Å². The van der Waals surface area contributed by atoms with Gasteiger partial charge in [-0.1, -0.05) is 18.2 Å². The Morgan fingerprint density at radius 3 is 2.81 bits per heavy atom. The fourth-order valence-corrected chi connectivity index (χ4v) is 3.26. The van der Waals surface area contributed by atoms with Crippen molar-refractivity contribution in [3.8, 4) is 0 Å². The van der Waals surface area contributed by atoms with Crippen LogP contribution in [0.5, 0.6) is 0 Å². The van der Waals surface area contributed by atoms with Crippen LogP contribution in [0, 0.1) is 0 Å². The molecule has 0 spiro atoms. The maximum Gasteiger partial charge on any atom is 0.346 e. The number of carbonyl (C=O) groups is 1. The molecule has 0 saturated carbocycles. The van der Waals surface area contributed by atoms with Crippen LogP contribution >= 0.6 is 11.3 Å². The van der Waals surface area contributed by atoms with Gasteiger partial charge < -0.3 is 19.9 Å². The molecule has 5 nitrogen and oxygen atoms in total. The maximum atomic E-state index is 11.4. The molecule has 21 heavy (non-hydrogen) atoms. The molecule has 114 valence electrons. The van der Waals surface area contributed by atoms with Crippen molar-refractivity contribution in [1.82, 2.24) is 5.32 Å². The molecule has 0 saturated heterocycles. The van der Waals surface area contributed by atoms with Gasteiger partial charge in [-0.05, 0) is 17.0 Å². The molecule has 2 N–H and O–H groups in total. The van der Waals surface area contributed by atoms with E-state index >= 15 is 0 Å². The monoisotopic (exact) mass is 309 g/mol. The maximum absolute atomic E-state index is 11.4. The van der Waals surface area contributed by atoms with E-state index in [1.165, 1.54) is 11.3 Å². The van der Waals surface area contributed by atoms with E-state index in [4.69, 9.17) is 9.47 Å². The third kappa shape index (κ3) is 3.79. The Balaban J connectivity index is 2.13. The fraction of sp³-hybridized carbons (Fsp3) is 0.400. The highest BCUT2D eigenvalue weighted by Gasteiger charge is 2.17. The molecule has 1 unspecified atom stereocenters. The second-order valence-electron chi connectivity index (χ2n) is 4.66. The summed E-state index contributed by atoms with van der Waals surface area (Å²) in [6.45, 7) is 1.60. The summed E-state index contributed by atoms with van der Waals surface area (Å²) in [4.78, 5) is 11.8. The van der Waals surface area contributed by atoms with Crippen LogP contribution in [0.1, 0.15) is 15.2 Å². The van der Waals surface area contributed by atoms with E-state index in [0.29, 0.717) is 24.6 Å². The Bertz CT molecular complexity index is 611. The first kappa shape index (κ1) is 15.9. The van der Waals surface area contributed by atoms with Crippen molar-refractivity contribution < 1.29 is 19.4 Å². The predicted molar refractivity (Wildman–Crippen MR) is 83.2 cm³/mol. The molecule has 0 amide bonds. The van der Waals surface area contributed by atoms with Gasteiger partial charge in [0.1, 0.15) is 4.88 Å². The van der Waals surface area contributed by atoms with Crippen LogP contribution in [0.25, 0.3) is 10.1 Å². The van der Waals surface area contributed by atoms with Gasteiger partial charge in [-0.25, -0.2) is 4.79 Å². The number of thiophene rings is 1. The van der Waals surface area contributed by atoms with E-state index in [0.717, 1.165) is 15.6 Å². The lowest BCUT2D eigenvalue weighted by atomic mass is 10.1. The van der Waals surface area contributed by atoms with Crippen LogP contribution in [0.15, 0.2) is 24.3 Å². The Kier molecular flexibility index (Phi) is 5.69. The lowest BCUT2D eigenvalue weighted by molar-refractivity contribution is 0.0288. The summed E-state index contributed by atoms with van der Waals surface area (Å²) >= 11 is 1.31. The Morgan fingerprint density at radius 1 is 1.38 bits per heavy atom. The van der Waals surface area contributed by atoms with Crippen molar-refractivity contribution in [1.29, 1.82) is 0 Å². The zero-order valence-corrected chi connectivity index (χ0v) is 12.9. The molecule has 6 heteroatoms. The number of carboxylic acid groups (broad SMARTS) is 1. The van der Waals surface area contributed by atoms with Crippen LogP contribution < -0.4 is 5.32 Å².